The van der Waals surface area contributed by atoms with E-state index >= 15 is 0 Å². The Hall–Kier alpha value is -1.24. The lowest BCUT2D eigenvalue weighted by Gasteiger charge is -2.31. The van der Waals surface area contributed by atoms with Crippen molar-refractivity contribution in [2.45, 2.75) is 53.4 Å². The second-order valence-electron chi connectivity index (χ2n) is 7.26. The summed E-state index contributed by atoms with van der Waals surface area (Å²) >= 11 is 0. The first-order chi connectivity index (χ1) is 8.10. The fraction of sp³-hybridized carbons (Fsp3) is 0.529. The van der Waals surface area contributed by atoms with Gasteiger partial charge in [0, 0.05) is 5.56 Å². The number of rotatable bonds is 0. The average molecular weight is 244 g/mol. The predicted octanol–water partition coefficient (Wildman–Crippen LogP) is 4.68. The van der Waals surface area contributed by atoms with Gasteiger partial charge in [0.2, 0.25) is 0 Å². The Kier molecular flexibility index (Phi) is 2.84. The van der Waals surface area contributed by atoms with E-state index in [4.69, 9.17) is 0 Å². The molecule has 0 amide bonds. The van der Waals surface area contributed by atoms with Gasteiger partial charge in [-0.05, 0) is 46.9 Å². The van der Waals surface area contributed by atoms with E-state index in [2.05, 4.69) is 53.7 Å². The van der Waals surface area contributed by atoms with Crippen molar-refractivity contribution in [3.63, 3.8) is 0 Å². The van der Waals surface area contributed by atoms with Gasteiger partial charge in [-0.1, -0.05) is 46.8 Å². The summed E-state index contributed by atoms with van der Waals surface area (Å²) in [6.07, 6.45) is 3.23. The minimum absolute atomic E-state index is 0.0692. The van der Waals surface area contributed by atoms with Crippen molar-refractivity contribution in [3.8, 4) is 5.75 Å². The van der Waals surface area contributed by atoms with Crippen molar-refractivity contribution in [1.82, 2.24) is 0 Å². The lowest BCUT2D eigenvalue weighted by atomic mass is 9.74. The van der Waals surface area contributed by atoms with Gasteiger partial charge >= 0.3 is 0 Å². The molecule has 0 saturated carbocycles. The maximum Gasteiger partial charge on any atom is 0.119 e. The molecule has 1 aromatic carbocycles. The first-order valence-electron chi connectivity index (χ1n) is 6.66. The van der Waals surface area contributed by atoms with Gasteiger partial charge in [0.25, 0.3) is 0 Å². The van der Waals surface area contributed by atoms with E-state index in [0.717, 1.165) is 12.0 Å². The molecule has 0 fully saturated rings. The molecule has 98 valence electrons. The molecule has 1 heteroatoms. The van der Waals surface area contributed by atoms with Crippen molar-refractivity contribution >= 4 is 5.57 Å². The maximum absolute atomic E-state index is 10.3. The molecule has 2 rings (SSSR count). The zero-order chi connectivity index (χ0) is 13.7. The highest BCUT2D eigenvalue weighted by Gasteiger charge is 2.27. The first-order valence-corrected chi connectivity index (χ1v) is 6.66. The van der Waals surface area contributed by atoms with Crippen LogP contribution in [0.5, 0.6) is 5.75 Å². The van der Waals surface area contributed by atoms with E-state index < -0.39 is 0 Å². The third-order valence-electron chi connectivity index (χ3n) is 3.76. The molecule has 1 nitrogen and oxygen atoms in total. The third kappa shape index (κ3) is 2.31. The van der Waals surface area contributed by atoms with Gasteiger partial charge in [0.05, 0.1) is 0 Å². The summed E-state index contributed by atoms with van der Waals surface area (Å²) < 4.78 is 0. The number of benzene rings is 1. The Morgan fingerprint density at radius 3 is 2.33 bits per heavy atom. The number of hydrogen-bond acceptors (Lipinski definition) is 1. The molecule has 0 bridgehead atoms. The summed E-state index contributed by atoms with van der Waals surface area (Å²) in [4.78, 5) is 0. The second kappa shape index (κ2) is 3.88. The highest BCUT2D eigenvalue weighted by Crippen LogP contribution is 2.42. The summed E-state index contributed by atoms with van der Waals surface area (Å²) in [6.45, 7) is 13.1. The molecule has 0 aromatic heterocycles. The summed E-state index contributed by atoms with van der Waals surface area (Å²) in [7, 11) is 0. The van der Waals surface area contributed by atoms with E-state index in [1.54, 1.807) is 0 Å². The maximum atomic E-state index is 10.3. The van der Waals surface area contributed by atoms with Crippen LogP contribution in [0.25, 0.3) is 5.57 Å². The number of aromatic hydroxyl groups is 1. The van der Waals surface area contributed by atoms with E-state index in [9.17, 15) is 5.11 Å². The lowest BCUT2D eigenvalue weighted by Crippen LogP contribution is -2.19. The van der Waals surface area contributed by atoms with Crippen LogP contribution in [0.1, 0.15) is 58.2 Å². The summed E-state index contributed by atoms with van der Waals surface area (Å²) in [5.41, 5.74) is 5.01. The Labute approximate surface area is 111 Å². The van der Waals surface area contributed by atoms with Crippen molar-refractivity contribution in [2.24, 2.45) is 5.41 Å². The number of allylic oxidation sites excluding steroid dienone is 2. The SMILES string of the molecule is CC1=CC(C)(C)Cc2c(O)cc(C(C)(C)C)cc21. The number of hydrogen-bond donors (Lipinski definition) is 1. The smallest absolute Gasteiger partial charge is 0.119 e. The van der Waals surface area contributed by atoms with Crippen molar-refractivity contribution < 1.29 is 5.11 Å². The topological polar surface area (TPSA) is 20.2 Å². The first kappa shape index (κ1) is 13.2. The van der Waals surface area contributed by atoms with Gasteiger partial charge in [0.15, 0.2) is 0 Å². The highest BCUT2D eigenvalue weighted by atomic mass is 16.3. The zero-order valence-electron chi connectivity index (χ0n) is 12.4. The molecule has 1 aliphatic rings. The number of phenolic OH excluding ortho intramolecular Hbond substituents is 1. The van der Waals surface area contributed by atoms with Crippen LogP contribution in [0.15, 0.2) is 18.2 Å². The molecule has 0 unspecified atom stereocenters. The average Bonchev–Trinajstić information content (AvgIpc) is 2.16. The van der Waals surface area contributed by atoms with Gasteiger partial charge in [-0.15, -0.1) is 0 Å². The summed E-state index contributed by atoms with van der Waals surface area (Å²) in [5.74, 6) is 0.456. The molecule has 1 aliphatic carbocycles. The fourth-order valence-corrected chi connectivity index (χ4v) is 2.80. The standard InChI is InChI=1S/C17H24O/c1-11-9-17(5,6)10-14-13(11)7-12(8-15(14)18)16(2,3)4/h7-9,18H,10H2,1-6H3. The van der Waals surface area contributed by atoms with Crippen molar-refractivity contribution in [2.75, 3.05) is 0 Å². The number of phenols is 1. The molecule has 0 saturated heterocycles. The second-order valence-corrected chi connectivity index (χ2v) is 7.26. The Balaban J connectivity index is 2.63. The molecule has 0 spiro atoms. The Bertz CT molecular complexity index is 513. The van der Waals surface area contributed by atoms with Crippen LogP contribution in [0, 0.1) is 5.41 Å². The summed E-state index contributed by atoms with van der Waals surface area (Å²) in [5, 5.41) is 10.3. The van der Waals surface area contributed by atoms with Crippen LogP contribution in [0.3, 0.4) is 0 Å². The van der Waals surface area contributed by atoms with Crippen LogP contribution in [-0.4, -0.2) is 5.11 Å². The molecule has 0 radical (unpaired) electrons. The van der Waals surface area contributed by atoms with Gasteiger partial charge in [-0.25, -0.2) is 0 Å². The third-order valence-corrected chi connectivity index (χ3v) is 3.76. The molecule has 0 atom stereocenters. The Morgan fingerprint density at radius 2 is 1.78 bits per heavy atom. The van der Waals surface area contributed by atoms with Crippen LogP contribution < -0.4 is 0 Å². The Morgan fingerprint density at radius 1 is 1.17 bits per heavy atom. The largest absolute Gasteiger partial charge is 0.508 e. The zero-order valence-corrected chi connectivity index (χ0v) is 12.4. The van der Waals surface area contributed by atoms with Crippen LogP contribution in [0.4, 0.5) is 0 Å². The highest BCUT2D eigenvalue weighted by molar-refractivity contribution is 5.72. The van der Waals surface area contributed by atoms with Crippen molar-refractivity contribution in [3.05, 3.63) is 34.9 Å². The summed E-state index contributed by atoms with van der Waals surface area (Å²) in [6, 6.07) is 4.18. The molecular formula is C17H24O. The van der Waals surface area contributed by atoms with Gasteiger partial charge in [0.1, 0.15) is 5.75 Å². The van der Waals surface area contributed by atoms with Gasteiger partial charge in [-0.2, -0.15) is 0 Å². The van der Waals surface area contributed by atoms with Gasteiger partial charge in [-0.3, -0.25) is 0 Å². The molecule has 18 heavy (non-hydrogen) atoms. The fourth-order valence-electron chi connectivity index (χ4n) is 2.80. The minimum Gasteiger partial charge on any atom is -0.508 e. The van der Waals surface area contributed by atoms with E-state index in [-0.39, 0.29) is 10.8 Å². The van der Waals surface area contributed by atoms with E-state index in [1.165, 1.54) is 16.7 Å². The van der Waals surface area contributed by atoms with Gasteiger partial charge < -0.3 is 5.11 Å². The van der Waals surface area contributed by atoms with Crippen LogP contribution >= 0.6 is 0 Å². The van der Waals surface area contributed by atoms with E-state index in [1.807, 2.05) is 6.07 Å². The van der Waals surface area contributed by atoms with E-state index in [0.29, 0.717) is 5.75 Å². The molecule has 1 aromatic rings. The molecular weight excluding hydrogens is 220 g/mol. The predicted molar refractivity (Wildman–Crippen MR) is 77.9 cm³/mol. The molecule has 0 aliphatic heterocycles. The normalized spacial score (nSPS) is 18.2. The van der Waals surface area contributed by atoms with Crippen molar-refractivity contribution in [1.29, 1.82) is 0 Å². The lowest BCUT2D eigenvalue weighted by molar-refractivity contribution is 0.429. The quantitative estimate of drug-likeness (QED) is 0.703. The minimum atomic E-state index is 0.0692. The molecule has 0 heterocycles. The van der Waals surface area contributed by atoms with Crippen LogP contribution in [-0.2, 0) is 11.8 Å². The number of fused-ring (bicyclic) bond motifs is 1. The molecule has 1 N–H and O–H groups in total. The van der Waals surface area contributed by atoms with Crippen LogP contribution in [0.2, 0.25) is 0 Å². The monoisotopic (exact) mass is 244 g/mol.